The van der Waals surface area contributed by atoms with Crippen molar-refractivity contribution in [2.45, 2.75) is 20.3 Å². The number of methoxy groups -OCH3 is 1. The summed E-state index contributed by atoms with van der Waals surface area (Å²) in [6.07, 6.45) is 0.662. The highest BCUT2D eigenvalue weighted by molar-refractivity contribution is 6.32. The van der Waals surface area contributed by atoms with Gasteiger partial charge in [-0.15, -0.1) is 0 Å². The highest BCUT2D eigenvalue weighted by Crippen LogP contribution is 2.37. The number of benzene rings is 2. The van der Waals surface area contributed by atoms with Gasteiger partial charge in [-0.3, -0.25) is 4.79 Å². The summed E-state index contributed by atoms with van der Waals surface area (Å²) in [7, 11) is 1.52. The van der Waals surface area contributed by atoms with Crippen LogP contribution in [0.15, 0.2) is 36.4 Å². The average Bonchev–Trinajstić information content (AvgIpc) is 3.03. The molecule has 0 unspecified atom stereocenters. The third-order valence-corrected chi connectivity index (χ3v) is 5.70. The van der Waals surface area contributed by atoms with Crippen LogP contribution in [0.1, 0.15) is 30.6 Å². The normalized spacial score (nSPS) is 14.1. The van der Waals surface area contributed by atoms with Gasteiger partial charge in [0.25, 0.3) is 5.91 Å². The first-order chi connectivity index (χ1) is 15.8. The number of nitrogens with one attached hydrogen (secondary N) is 1. The zero-order valence-electron chi connectivity index (χ0n) is 19.1. The van der Waals surface area contributed by atoms with Gasteiger partial charge in [-0.2, -0.15) is 0 Å². The van der Waals surface area contributed by atoms with Gasteiger partial charge in [-0.1, -0.05) is 43.1 Å². The fourth-order valence-electron chi connectivity index (χ4n) is 3.51. The lowest BCUT2D eigenvalue weighted by atomic mass is 10.1. The SMILES string of the molecule is COc1cc(C(=O)N2CCCN(C(=O)Nc3cccc(Cl)c3)CC2)cc(Cl)c1OCC(C)C. The second-order valence-electron chi connectivity index (χ2n) is 8.27. The Morgan fingerprint density at radius 1 is 1.06 bits per heavy atom. The molecule has 0 aromatic heterocycles. The zero-order chi connectivity index (χ0) is 24.0. The standard InChI is InChI=1S/C24H29Cl2N3O4/c1-16(2)15-33-22-20(26)12-17(13-21(22)32-3)23(30)28-8-5-9-29(11-10-28)24(31)27-19-7-4-6-18(25)14-19/h4,6-7,12-14,16H,5,8-11,15H2,1-3H3,(H,27,31). The minimum absolute atomic E-state index is 0.164. The Labute approximate surface area is 204 Å². The molecule has 9 heteroatoms. The minimum atomic E-state index is -0.220. The number of anilines is 1. The van der Waals surface area contributed by atoms with Crippen LogP contribution < -0.4 is 14.8 Å². The fourth-order valence-corrected chi connectivity index (χ4v) is 3.96. The second kappa shape index (κ2) is 11.5. The molecular formula is C24H29Cl2N3O4. The van der Waals surface area contributed by atoms with Crippen molar-refractivity contribution in [1.29, 1.82) is 0 Å². The summed E-state index contributed by atoms with van der Waals surface area (Å²) in [5.74, 6) is 1.01. The maximum atomic E-state index is 13.2. The van der Waals surface area contributed by atoms with Gasteiger partial charge in [-0.05, 0) is 42.7 Å². The lowest BCUT2D eigenvalue weighted by molar-refractivity contribution is 0.0762. The lowest BCUT2D eigenvalue weighted by Crippen LogP contribution is -2.39. The Bertz CT molecular complexity index is 1000. The molecule has 3 amide bonds. The van der Waals surface area contributed by atoms with Crippen LogP contribution in [-0.2, 0) is 0 Å². The molecule has 2 aromatic carbocycles. The summed E-state index contributed by atoms with van der Waals surface area (Å²) in [6.45, 7) is 6.47. The van der Waals surface area contributed by atoms with Gasteiger partial charge < -0.3 is 24.6 Å². The Morgan fingerprint density at radius 2 is 1.79 bits per heavy atom. The van der Waals surface area contributed by atoms with Gasteiger partial charge in [0.2, 0.25) is 0 Å². The van der Waals surface area contributed by atoms with Crippen LogP contribution in [0, 0.1) is 5.92 Å². The van der Waals surface area contributed by atoms with E-state index in [0.29, 0.717) is 77.9 Å². The number of carbonyl (C=O) groups is 2. The predicted molar refractivity (Wildman–Crippen MR) is 131 cm³/mol. The zero-order valence-corrected chi connectivity index (χ0v) is 20.6. The van der Waals surface area contributed by atoms with E-state index in [2.05, 4.69) is 5.32 Å². The number of hydrogen-bond acceptors (Lipinski definition) is 4. The molecule has 0 spiro atoms. The van der Waals surface area contributed by atoms with Crippen LogP contribution in [0.5, 0.6) is 11.5 Å². The fraction of sp³-hybridized carbons (Fsp3) is 0.417. The van der Waals surface area contributed by atoms with Crippen molar-refractivity contribution in [3.8, 4) is 11.5 Å². The van der Waals surface area contributed by atoms with E-state index >= 15 is 0 Å². The number of hydrogen-bond donors (Lipinski definition) is 1. The van der Waals surface area contributed by atoms with E-state index in [4.69, 9.17) is 32.7 Å². The number of carbonyl (C=O) groups excluding carboxylic acids is 2. The van der Waals surface area contributed by atoms with Gasteiger partial charge in [0.1, 0.15) is 0 Å². The smallest absolute Gasteiger partial charge is 0.321 e. The molecule has 1 aliphatic heterocycles. The topological polar surface area (TPSA) is 71.1 Å². The van der Waals surface area contributed by atoms with Crippen LogP contribution in [0.3, 0.4) is 0 Å². The molecule has 1 heterocycles. The van der Waals surface area contributed by atoms with Crippen molar-refractivity contribution < 1.29 is 19.1 Å². The first kappa shape index (κ1) is 25.0. The van der Waals surface area contributed by atoms with Crippen molar-refractivity contribution in [1.82, 2.24) is 9.80 Å². The third-order valence-electron chi connectivity index (χ3n) is 5.18. The maximum Gasteiger partial charge on any atom is 0.321 e. The average molecular weight is 494 g/mol. The molecule has 1 N–H and O–H groups in total. The first-order valence-corrected chi connectivity index (χ1v) is 11.6. The van der Waals surface area contributed by atoms with Gasteiger partial charge in [0.15, 0.2) is 11.5 Å². The summed E-state index contributed by atoms with van der Waals surface area (Å²) in [6, 6.07) is 10.0. The predicted octanol–water partition coefficient (Wildman–Crippen LogP) is 5.42. The molecule has 2 aromatic rings. The Hall–Kier alpha value is -2.64. The van der Waals surface area contributed by atoms with E-state index < -0.39 is 0 Å². The molecule has 1 fully saturated rings. The van der Waals surface area contributed by atoms with E-state index in [-0.39, 0.29) is 11.9 Å². The Kier molecular flexibility index (Phi) is 8.69. The van der Waals surface area contributed by atoms with Gasteiger partial charge in [0.05, 0.1) is 18.7 Å². The Balaban J connectivity index is 1.66. The van der Waals surface area contributed by atoms with Gasteiger partial charge in [0, 0.05) is 42.5 Å². The van der Waals surface area contributed by atoms with Crippen LogP contribution >= 0.6 is 23.2 Å². The van der Waals surface area contributed by atoms with Crippen molar-refractivity contribution in [3.63, 3.8) is 0 Å². The van der Waals surface area contributed by atoms with Crippen molar-refractivity contribution in [3.05, 3.63) is 52.0 Å². The molecule has 178 valence electrons. The lowest BCUT2D eigenvalue weighted by Gasteiger charge is -2.23. The van der Waals surface area contributed by atoms with E-state index in [1.165, 1.54) is 7.11 Å². The van der Waals surface area contributed by atoms with E-state index in [9.17, 15) is 9.59 Å². The number of ether oxygens (including phenoxy) is 2. The number of nitrogens with zero attached hydrogens (tertiary/aromatic N) is 2. The van der Waals surface area contributed by atoms with E-state index in [0.717, 1.165) is 0 Å². The molecule has 0 atom stereocenters. The number of urea groups is 1. The minimum Gasteiger partial charge on any atom is -0.493 e. The third kappa shape index (κ3) is 6.68. The quantitative estimate of drug-likeness (QED) is 0.583. The summed E-state index contributed by atoms with van der Waals surface area (Å²) in [5, 5.41) is 3.74. The monoisotopic (exact) mass is 493 g/mol. The molecule has 0 saturated carbocycles. The summed E-state index contributed by atoms with van der Waals surface area (Å²) >= 11 is 12.4. The second-order valence-corrected chi connectivity index (χ2v) is 9.11. The summed E-state index contributed by atoms with van der Waals surface area (Å²) in [4.78, 5) is 29.3. The molecule has 1 saturated heterocycles. The molecule has 3 rings (SSSR count). The highest BCUT2D eigenvalue weighted by Gasteiger charge is 2.25. The van der Waals surface area contributed by atoms with E-state index in [1.54, 1.807) is 46.2 Å². The van der Waals surface area contributed by atoms with Gasteiger partial charge in [-0.25, -0.2) is 4.79 Å². The van der Waals surface area contributed by atoms with Crippen LogP contribution in [0.25, 0.3) is 0 Å². The molecule has 7 nitrogen and oxygen atoms in total. The molecular weight excluding hydrogens is 465 g/mol. The molecule has 0 bridgehead atoms. The van der Waals surface area contributed by atoms with Crippen LogP contribution in [-0.4, -0.2) is 61.6 Å². The number of amides is 3. The van der Waals surface area contributed by atoms with Crippen LogP contribution in [0.2, 0.25) is 10.0 Å². The largest absolute Gasteiger partial charge is 0.493 e. The van der Waals surface area contributed by atoms with E-state index in [1.807, 2.05) is 13.8 Å². The molecule has 0 aliphatic carbocycles. The summed E-state index contributed by atoms with van der Waals surface area (Å²) < 4.78 is 11.2. The molecule has 0 radical (unpaired) electrons. The van der Waals surface area contributed by atoms with Gasteiger partial charge >= 0.3 is 6.03 Å². The first-order valence-electron chi connectivity index (χ1n) is 10.9. The van der Waals surface area contributed by atoms with Crippen molar-refractivity contribution >= 4 is 40.8 Å². The van der Waals surface area contributed by atoms with Crippen LogP contribution in [0.4, 0.5) is 10.5 Å². The van der Waals surface area contributed by atoms with Crippen molar-refractivity contribution in [2.24, 2.45) is 5.92 Å². The molecule has 1 aliphatic rings. The Morgan fingerprint density at radius 3 is 2.48 bits per heavy atom. The summed E-state index contributed by atoms with van der Waals surface area (Å²) in [5.41, 5.74) is 1.05. The molecule has 33 heavy (non-hydrogen) atoms. The maximum absolute atomic E-state index is 13.2. The number of rotatable bonds is 6. The van der Waals surface area contributed by atoms with Crippen molar-refractivity contribution in [2.75, 3.05) is 45.2 Å². The highest BCUT2D eigenvalue weighted by atomic mass is 35.5. The number of halogens is 2.